The molecular weight excluding hydrogens is 364 g/mol. The molecule has 6 heteroatoms. The summed E-state index contributed by atoms with van der Waals surface area (Å²) in [4.78, 5) is 14.5. The molecule has 0 unspecified atom stereocenters. The highest BCUT2D eigenvalue weighted by molar-refractivity contribution is 5.85. The van der Waals surface area contributed by atoms with Gasteiger partial charge in [-0.1, -0.05) is 18.2 Å². The average Bonchev–Trinajstić information content (AvgIpc) is 3.32. The van der Waals surface area contributed by atoms with E-state index in [1.54, 1.807) is 6.21 Å². The van der Waals surface area contributed by atoms with Crippen LogP contribution in [-0.2, 0) is 22.5 Å². The van der Waals surface area contributed by atoms with Gasteiger partial charge in [0.15, 0.2) is 0 Å². The van der Waals surface area contributed by atoms with Gasteiger partial charge >= 0.3 is 0 Å². The molecule has 1 N–H and O–H groups in total. The summed E-state index contributed by atoms with van der Waals surface area (Å²) < 4.78 is 8.05. The number of para-hydroxylation sites is 1. The lowest BCUT2D eigenvalue weighted by Gasteiger charge is -2.30. The van der Waals surface area contributed by atoms with Crippen LogP contribution in [0.4, 0.5) is 5.69 Å². The molecule has 6 nitrogen and oxygen atoms in total. The zero-order valence-corrected chi connectivity index (χ0v) is 17.4. The number of aryl methyl sites for hydroxylation is 2. The average molecular weight is 395 g/mol. The van der Waals surface area contributed by atoms with Crippen LogP contribution in [0, 0.1) is 13.8 Å². The Bertz CT molecular complexity index is 896. The highest BCUT2D eigenvalue weighted by atomic mass is 16.5. The van der Waals surface area contributed by atoms with Crippen LogP contribution in [0.3, 0.4) is 0 Å². The van der Waals surface area contributed by atoms with Gasteiger partial charge in [0.1, 0.15) is 0 Å². The summed E-state index contributed by atoms with van der Waals surface area (Å²) in [6.07, 6.45) is 6.47. The molecule has 154 valence electrons. The fourth-order valence-electron chi connectivity index (χ4n) is 4.39. The number of aromatic nitrogens is 1. The van der Waals surface area contributed by atoms with Crippen LogP contribution < -0.4 is 10.3 Å². The van der Waals surface area contributed by atoms with Crippen molar-refractivity contribution in [1.29, 1.82) is 0 Å². The Kier molecular flexibility index (Phi) is 6.00. The number of amides is 1. The van der Waals surface area contributed by atoms with E-state index in [1.807, 2.05) is 6.07 Å². The molecule has 0 bridgehead atoms. The molecule has 2 aliphatic heterocycles. The molecule has 1 saturated heterocycles. The Morgan fingerprint density at radius 3 is 3.00 bits per heavy atom. The number of anilines is 1. The maximum atomic E-state index is 12.4. The highest BCUT2D eigenvalue weighted by Gasteiger charge is 2.19. The van der Waals surface area contributed by atoms with Crippen LogP contribution in [0.15, 0.2) is 35.4 Å². The Labute approximate surface area is 172 Å². The third kappa shape index (κ3) is 4.53. The molecule has 1 aromatic heterocycles. The van der Waals surface area contributed by atoms with Crippen LogP contribution in [0.2, 0.25) is 0 Å². The maximum Gasteiger partial charge on any atom is 0.259 e. The van der Waals surface area contributed by atoms with Crippen molar-refractivity contribution < 1.29 is 9.53 Å². The zero-order valence-electron chi connectivity index (χ0n) is 17.4. The second kappa shape index (κ2) is 8.82. The van der Waals surface area contributed by atoms with Crippen LogP contribution in [0.1, 0.15) is 41.8 Å². The topological polar surface area (TPSA) is 58.9 Å². The van der Waals surface area contributed by atoms with Crippen molar-refractivity contribution in [1.82, 2.24) is 9.99 Å². The number of carbonyl (C=O) groups excluding carboxylic acids is 1. The summed E-state index contributed by atoms with van der Waals surface area (Å²) in [6, 6.07) is 10.4. The highest BCUT2D eigenvalue weighted by Crippen LogP contribution is 2.26. The summed E-state index contributed by atoms with van der Waals surface area (Å²) in [5.41, 5.74) is 8.55. The van der Waals surface area contributed by atoms with E-state index in [0.717, 1.165) is 62.3 Å². The van der Waals surface area contributed by atoms with Gasteiger partial charge in [-0.25, -0.2) is 5.43 Å². The van der Waals surface area contributed by atoms with Gasteiger partial charge in [-0.15, -0.1) is 0 Å². The van der Waals surface area contributed by atoms with Crippen molar-refractivity contribution in [2.75, 3.05) is 24.6 Å². The second-order valence-electron chi connectivity index (χ2n) is 8.02. The lowest BCUT2D eigenvalue weighted by atomic mass is 10.0. The molecule has 1 fully saturated rings. The molecule has 0 radical (unpaired) electrons. The molecule has 1 atom stereocenters. The third-order valence-electron chi connectivity index (χ3n) is 5.96. The second-order valence-corrected chi connectivity index (χ2v) is 8.02. The molecule has 1 aromatic carbocycles. The number of ether oxygens (including phenoxy) is 1. The first-order valence-corrected chi connectivity index (χ1v) is 10.5. The van der Waals surface area contributed by atoms with Crippen molar-refractivity contribution in [2.24, 2.45) is 5.10 Å². The number of nitrogens with one attached hydrogen (secondary N) is 1. The van der Waals surface area contributed by atoms with Crippen molar-refractivity contribution in [3.8, 4) is 0 Å². The Morgan fingerprint density at radius 1 is 1.31 bits per heavy atom. The van der Waals surface area contributed by atoms with Crippen LogP contribution in [0.25, 0.3) is 0 Å². The Morgan fingerprint density at radius 2 is 2.17 bits per heavy atom. The van der Waals surface area contributed by atoms with Gasteiger partial charge in [-0.2, -0.15) is 5.10 Å². The molecule has 3 heterocycles. The quantitative estimate of drug-likeness (QED) is 0.605. The Balaban J connectivity index is 1.35. The summed E-state index contributed by atoms with van der Waals surface area (Å²) >= 11 is 0. The van der Waals surface area contributed by atoms with Crippen molar-refractivity contribution in [3.05, 3.63) is 52.8 Å². The summed E-state index contributed by atoms with van der Waals surface area (Å²) in [5, 5.41) is 4.21. The van der Waals surface area contributed by atoms with Gasteiger partial charge in [0.25, 0.3) is 5.91 Å². The van der Waals surface area contributed by atoms with Gasteiger partial charge in [0.2, 0.25) is 0 Å². The first kappa shape index (κ1) is 19.7. The lowest BCUT2D eigenvalue weighted by Crippen LogP contribution is -2.38. The van der Waals surface area contributed by atoms with Gasteiger partial charge in [0.05, 0.1) is 18.9 Å². The van der Waals surface area contributed by atoms with E-state index in [0.29, 0.717) is 12.6 Å². The number of hydrogen-bond donors (Lipinski definition) is 1. The minimum absolute atomic E-state index is 0.0916. The number of hydrogen-bond acceptors (Lipinski definition) is 4. The minimum atomic E-state index is -0.0916. The maximum absolute atomic E-state index is 12.4. The number of hydrazone groups is 1. The first-order valence-electron chi connectivity index (χ1n) is 10.5. The molecule has 29 heavy (non-hydrogen) atoms. The molecule has 2 aromatic rings. The van der Waals surface area contributed by atoms with Gasteiger partial charge in [0, 0.05) is 42.3 Å². The lowest BCUT2D eigenvalue weighted by molar-refractivity contribution is -0.119. The van der Waals surface area contributed by atoms with Gasteiger partial charge < -0.3 is 14.2 Å². The normalized spacial score (nSPS) is 19.0. The molecule has 2 aliphatic rings. The van der Waals surface area contributed by atoms with Gasteiger partial charge in [-0.05, 0) is 57.2 Å². The van der Waals surface area contributed by atoms with Crippen molar-refractivity contribution in [2.45, 2.75) is 52.2 Å². The largest absolute Gasteiger partial charge is 0.376 e. The summed E-state index contributed by atoms with van der Waals surface area (Å²) in [7, 11) is 0. The van der Waals surface area contributed by atoms with E-state index >= 15 is 0 Å². The van der Waals surface area contributed by atoms with Crippen molar-refractivity contribution >= 4 is 17.8 Å². The molecular formula is C23H30N4O2. The first-order chi connectivity index (χ1) is 14.1. The number of benzene rings is 1. The molecule has 0 aliphatic carbocycles. The van der Waals surface area contributed by atoms with Crippen LogP contribution in [0.5, 0.6) is 0 Å². The molecule has 1 amide bonds. The number of rotatable bonds is 6. The predicted octanol–water partition coefficient (Wildman–Crippen LogP) is 3.19. The van der Waals surface area contributed by atoms with E-state index in [1.165, 1.54) is 11.3 Å². The van der Waals surface area contributed by atoms with Crippen LogP contribution in [-0.4, -0.2) is 42.5 Å². The smallest absolute Gasteiger partial charge is 0.259 e. The van der Waals surface area contributed by atoms with E-state index in [2.05, 4.69) is 58.1 Å². The van der Waals surface area contributed by atoms with E-state index in [4.69, 9.17) is 4.74 Å². The summed E-state index contributed by atoms with van der Waals surface area (Å²) in [5.74, 6) is -0.0916. The number of carbonyl (C=O) groups is 1. The fraction of sp³-hybridized carbons (Fsp3) is 0.478. The minimum Gasteiger partial charge on any atom is -0.376 e. The molecule has 4 rings (SSSR count). The standard InChI is InChI=1S/C23H30N4O2/c1-17-13-20(18(2)27(17)15-21-9-6-12-29-21)14-24-25-23(28)16-26-11-5-8-19-7-3-4-10-22(19)26/h3-4,7,10,13-14,21H,5-6,8-9,11-12,15-16H2,1-2H3,(H,25,28)/b24-14-/t21-/m1/s1. The van der Waals surface area contributed by atoms with E-state index in [9.17, 15) is 4.79 Å². The monoisotopic (exact) mass is 394 g/mol. The number of nitrogens with zero attached hydrogens (tertiary/aromatic N) is 3. The Hall–Kier alpha value is -2.60. The SMILES string of the molecule is Cc1cc(/C=N\NC(=O)CN2CCCc3ccccc32)c(C)n1C[C@H]1CCCO1. The summed E-state index contributed by atoms with van der Waals surface area (Å²) in [6.45, 7) is 7.17. The van der Waals surface area contributed by atoms with Crippen LogP contribution >= 0.6 is 0 Å². The van der Waals surface area contributed by atoms with E-state index < -0.39 is 0 Å². The van der Waals surface area contributed by atoms with E-state index in [-0.39, 0.29) is 5.91 Å². The molecule has 0 saturated carbocycles. The predicted molar refractivity (Wildman–Crippen MR) is 116 cm³/mol. The van der Waals surface area contributed by atoms with Crippen molar-refractivity contribution in [3.63, 3.8) is 0 Å². The third-order valence-corrected chi connectivity index (χ3v) is 5.96. The fourth-order valence-corrected chi connectivity index (χ4v) is 4.39. The van der Waals surface area contributed by atoms with Gasteiger partial charge in [-0.3, -0.25) is 4.79 Å². The number of fused-ring (bicyclic) bond motifs is 1. The zero-order chi connectivity index (χ0) is 20.2. The molecule has 0 spiro atoms.